The van der Waals surface area contributed by atoms with Crippen molar-refractivity contribution in [2.45, 2.75) is 6.54 Å². The molecule has 0 bridgehead atoms. The molecule has 0 aliphatic carbocycles. The smallest absolute Gasteiger partial charge is 0.178 e. The van der Waals surface area contributed by atoms with Gasteiger partial charge in [-0.15, -0.1) is 0 Å². The van der Waals surface area contributed by atoms with Gasteiger partial charge in [0, 0.05) is 19.3 Å². The molecule has 0 amide bonds. The summed E-state index contributed by atoms with van der Waals surface area (Å²) in [5.41, 5.74) is 2.89. The highest BCUT2D eigenvalue weighted by molar-refractivity contribution is 5.46. The van der Waals surface area contributed by atoms with Crippen LogP contribution in [0.4, 0.5) is 20.4 Å². The summed E-state index contributed by atoms with van der Waals surface area (Å²) in [5, 5.41) is 6.72. The zero-order valence-electron chi connectivity index (χ0n) is 9.61. The van der Waals surface area contributed by atoms with Crippen molar-refractivity contribution in [2.24, 2.45) is 12.9 Å². The molecule has 0 atom stereocenters. The van der Waals surface area contributed by atoms with E-state index in [1.54, 1.807) is 24.0 Å². The molecule has 0 aliphatic rings. The Hall–Kier alpha value is -2.22. The molecule has 4 N–H and O–H groups in total. The molecule has 96 valence electrons. The first-order valence-corrected chi connectivity index (χ1v) is 5.15. The summed E-state index contributed by atoms with van der Waals surface area (Å²) in [7, 11) is 1.76. The molecule has 0 radical (unpaired) electrons. The van der Waals surface area contributed by atoms with Crippen molar-refractivity contribution >= 4 is 11.6 Å². The molecule has 0 fully saturated rings. The van der Waals surface area contributed by atoms with Gasteiger partial charge >= 0.3 is 0 Å². The van der Waals surface area contributed by atoms with E-state index < -0.39 is 11.6 Å². The number of halogens is 2. The van der Waals surface area contributed by atoms with Gasteiger partial charge in [-0.25, -0.2) is 19.6 Å². The molecule has 6 nitrogen and oxygen atoms in total. The molecule has 2 aromatic rings. The van der Waals surface area contributed by atoms with Crippen LogP contribution in [0.5, 0.6) is 0 Å². The Bertz CT molecular complexity index is 553. The van der Waals surface area contributed by atoms with Crippen LogP contribution in [0.2, 0.25) is 0 Å². The molecule has 0 aliphatic heterocycles. The van der Waals surface area contributed by atoms with Crippen molar-refractivity contribution < 1.29 is 8.78 Å². The largest absolute Gasteiger partial charge is 0.362 e. The van der Waals surface area contributed by atoms with E-state index >= 15 is 0 Å². The number of aryl methyl sites for hydroxylation is 1. The summed E-state index contributed by atoms with van der Waals surface area (Å²) in [6.45, 7) is 0.316. The standard InChI is InChI=1S/C10H12F2N6/c1-18-6(2-3-15-18)5-14-9-7(11)4-8(12)10(16-9)17-13/h2-4H,5,13H2,1H3,(H2,14,16,17). The maximum absolute atomic E-state index is 13.4. The van der Waals surface area contributed by atoms with E-state index in [2.05, 4.69) is 20.8 Å². The molecule has 2 aromatic heterocycles. The van der Waals surface area contributed by atoms with Gasteiger partial charge in [0.25, 0.3) is 0 Å². The van der Waals surface area contributed by atoms with E-state index in [4.69, 9.17) is 5.84 Å². The first-order chi connectivity index (χ1) is 8.61. The highest BCUT2D eigenvalue weighted by atomic mass is 19.1. The summed E-state index contributed by atoms with van der Waals surface area (Å²) in [6.07, 6.45) is 1.62. The third kappa shape index (κ3) is 2.38. The van der Waals surface area contributed by atoms with Crippen LogP contribution in [0.1, 0.15) is 5.69 Å². The molecule has 0 saturated heterocycles. The van der Waals surface area contributed by atoms with Gasteiger partial charge in [0.1, 0.15) is 0 Å². The van der Waals surface area contributed by atoms with Crippen LogP contribution in [0.3, 0.4) is 0 Å². The first-order valence-electron chi connectivity index (χ1n) is 5.15. The number of nitrogens with zero attached hydrogens (tertiary/aromatic N) is 3. The van der Waals surface area contributed by atoms with Gasteiger partial charge in [-0.05, 0) is 6.07 Å². The number of hydrogen-bond acceptors (Lipinski definition) is 5. The van der Waals surface area contributed by atoms with Gasteiger partial charge in [0.2, 0.25) is 0 Å². The van der Waals surface area contributed by atoms with Gasteiger partial charge in [-0.2, -0.15) is 5.10 Å². The number of rotatable bonds is 4. The second-order valence-electron chi connectivity index (χ2n) is 3.59. The summed E-state index contributed by atoms with van der Waals surface area (Å²) in [6, 6.07) is 2.49. The Balaban J connectivity index is 2.16. The molecule has 0 spiro atoms. The van der Waals surface area contributed by atoms with E-state index in [0.717, 1.165) is 5.69 Å². The van der Waals surface area contributed by atoms with Crippen molar-refractivity contribution in [3.05, 3.63) is 35.7 Å². The fraction of sp³-hybridized carbons (Fsp3) is 0.200. The summed E-state index contributed by atoms with van der Waals surface area (Å²) >= 11 is 0. The molecule has 0 saturated carbocycles. The summed E-state index contributed by atoms with van der Waals surface area (Å²) in [5.74, 6) is 3.14. The van der Waals surface area contributed by atoms with E-state index in [-0.39, 0.29) is 11.6 Å². The van der Waals surface area contributed by atoms with E-state index in [1.165, 1.54) is 0 Å². The van der Waals surface area contributed by atoms with Gasteiger partial charge in [0.05, 0.1) is 12.2 Å². The van der Waals surface area contributed by atoms with E-state index in [1.807, 2.05) is 0 Å². The highest BCUT2D eigenvalue weighted by Crippen LogP contribution is 2.18. The lowest BCUT2D eigenvalue weighted by molar-refractivity contribution is 0.577. The number of hydrogen-bond donors (Lipinski definition) is 3. The molecule has 18 heavy (non-hydrogen) atoms. The topological polar surface area (TPSA) is 80.8 Å². The van der Waals surface area contributed by atoms with Crippen molar-refractivity contribution in [3.63, 3.8) is 0 Å². The quantitative estimate of drug-likeness (QED) is 0.560. The molecule has 0 aromatic carbocycles. The average molecular weight is 254 g/mol. The maximum atomic E-state index is 13.4. The van der Waals surface area contributed by atoms with Crippen LogP contribution < -0.4 is 16.6 Å². The molecule has 2 heterocycles. The zero-order valence-corrected chi connectivity index (χ0v) is 9.61. The lowest BCUT2D eigenvalue weighted by Gasteiger charge is -2.09. The molecule has 2 rings (SSSR count). The minimum absolute atomic E-state index is 0.0782. The van der Waals surface area contributed by atoms with Crippen molar-refractivity contribution in [3.8, 4) is 0 Å². The monoisotopic (exact) mass is 254 g/mol. The van der Waals surface area contributed by atoms with Crippen LogP contribution in [-0.2, 0) is 13.6 Å². The predicted octanol–water partition coefficient (Wildman–Crippen LogP) is 0.991. The maximum Gasteiger partial charge on any atom is 0.178 e. The number of nitrogens with two attached hydrogens (primary N) is 1. The number of nitrogens with one attached hydrogen (secondary N) is 2. The van der Waals surface area contributed by atoms with Crippen LogP contribution in [0.15, 0.2) is 18.3 Å². The third-order valence-electron chi connectivity index (χ3n) is 2.43. The van der Waals surface area contributed by atoms with Crippen LogP contribution in [0, 0.1) is 11.6 Å². The lowest BCUT2D eigenvalue weighted by Crippen LogP contribution is -2.14. The van der Waals surface area contributed by atoms with E-state index in [9.17, 15) is 8.78 Å². The molecule has 0 unspecified atom stereocenters. The fourth-order valence-corrected chi connectivity index (χ4v) is 1.44. The van der Waals surface area contributed by atoms with Crippen molar-refractivity contribution in [1.29, 1.82) is 0 Å². The average Bonchev–Trinajstić information content (AvgIpc) is 2.74. The Morgan fingerprint density at radius 3 is 2.67 bits per heavy atom. The highest BCUT2D eigenvalue weighted by Gasteiger charge is 2.11. The van der Waals surface area contributed by atoms with Gasteiger partial charge in [0.15, 0.2) is 23.3 Å². The van der Waals surface area contributed by atoms with Gasteiger partial charge < -0.3 is 10.7 Å². The lowest BCUT2D eigenvalue weighted by atomic mass is 10.3. The summed E-state index contributed by atoms with van der Waals surface area (Å²) < 4.78 is 28.2. The second-order valence-corrected chi connectivity index (χ2v) is 3.59. The summed E-state index contributed by atoms with van der Waals surface area (Å²) in [4.78, 5) is 3.69. The first kappa shape index (κ1) is 12.2. The minimum Gasteiger partial charge on any atom is -0.362 e. The zero-order chi connectivity index (χ0) is 13.1. The molecular weight excluding hydrogens is 242 g/mol. The van der Waals surface area contributed by atoms with Gasteiger partial charge in [-0.1, -0.05) is 0 Å². The van der Waals surface area contributed by atoms with Gasteiger partial charge in [-0.3, -0.25) is 4.68 Å². The number of nitrogen functional groups attached to an aromatic ring is 1. The number of hydrazine groups is 1. The normalized spacial score (nSPS) is 10.4. The Morgan fingerprint density at radius 1 is 1.33 bits per heavy atom. The molecule has 8 heteroatoms. The minimum atomic E-state index is -0.846. The Labute approximate surface area is 102 Å². The van der Waals surface area contributed by atoms with Crippen molar-refractivity contribution in [2.75, 3.05) is 10.7 Å². The van der Waals surface area contributed by atoms with Crippen LogP contribution >= 0.6 is 0 Å². The Kier molecular flexibility index (Phi) is 3.38. The van der Waals surface area contributed by atoms with Crippen LogP contribution in [0.25, 0.3) is 0 Å². The SMILES string of the molecule is Cn1nccc1CNc1nc(NN)c(F)cc1F. The second kappa shape index (κ2) is 4.96. The Morgan fingerprint density at radius 2 is 2.06 bits per heavy atom. The predicted molar refractivity (Wildman–Crippen MR) is 62.5 cm³/mol. The van der Waals surface area contributed by atoms with Crippen molar-refractivity contribution in [1.82, 2.24) is 14.8 Å². The third-order valence-corrected chi connectivity index (χ3v) is 2.43. The van der Waals surface area contributed by atoms with Crippen LogP contribution in [-0.4, -0.2) is 14.8 Å². The van der Waals surface area contributed by atoms with E-state index in [0.29, 0.717) is 12.6 Å². The number of pyridine rings is 1. The molecular formula is C10H12F2N6. The number of anilines is 2. The fourth-order valence-electron chi connectivity index (χ4n) is 1.44. The number of aromatic nitrogens is 3.